The molecule has 0 radical (unpaired) electrons. The lowest BCUT2D eigenvalue weighted by molar-refractivity contribution is -0.146. The number of hydrogen-bond donors (Lipinski definition) is 1. The first-order valence-electron chi connectivity index (χ1n) is 7.69. The van der Waals surface area contributed by atoms with Crippen molar-refractivity contribution in [3.05, 3.63) is 28.8 Å². The summed E-state index contributed by atoms with van der Waals surface area (Å²) in [6.07, 6.45) is 4.12. The maximum Gasteiger partial charge on any atom is 0.326 e. The average molecular weight is 354 g/mol. The van der Waals surface area contributed by atoms with Crippen molar-refractivity contribution >= 4 is 29.6 Å². The molecular formula is C17H20ClNO5. The Hall–Kier alpha value is -2.21. The van der Waals surface area contributed by atoms with Crippen LogP contribution in [-0.4, -0.2) is 48.2 Å². The molecule has 1 fully saturated rings. The molecule has 24 heavy (non-hydrogen) atoms. The molecule has 1 saturated heterocycles. The normalized spacial score (nSPS) is 17.3. The molecule has 1 N–H and O–H groups in total. The van der Waals surface area contributed by atoms with Crippen LogP contribution in [0.2, 0.25) is 5.02 Å². The Labute approximate surface area is 145 Å². The smallest absolute Gasteiger partial charge is 0.326 e. The topological polar surface area (TPSA) is 76.1 Å². The van der Waals surface area contributed by atoms with Crippen molar-refractivity contribution in [1.29, 1.82) is 0 Å². The van der Waals surface area contributed by atoms with Crippen molar-refractivity contribution in [3.63, 3.8) is 0 Å². The highest BCUT2D eigenvalue weighted by Crippen LogP contribution is 2.36. The fraction of sp³-hybridized carbons (Fsp3) is 0.412. The van der Waals surface area contributed by atoms with Crippen LogP contribution in [0.5, 0.6) is 11.5 Å². The van der Waals surface area contributed by atoms with Gasteiger partial charge in [0.25, 0.3) is 0 Å². The second kappa shape index (κ2) is 8.06. The van der Waals surface area contributed by atoms with E-state index in [9.17, 15) is 9.59 Å². The predicted octanol–water partition coefficient (Wildman–Crippen LogP) is 2.84. The Bertz CT molecular complexity index is 659. The van der Waals surface area contributed by atoms with Gasteiger partial charge in [-0.3, -0.25) is 4.79 Å². The number of hydrogen-bond acceptors (Lipinski definition) is 4. The zero-order chi connectivity index (χ0) is 17.7. The molecule has 6 nitrogen and oxygen atoms in total. The van der Waals surface area contributed by atoms with Crippen LogP contribution in [0, 0.1) is 0 Å². The van der Waals surface area contributed by atoms with E-state index in [2.05, 4.69) is 0 Å². The van der Waals surface area contributed by atoms with E-state index < -0.39 is 12.0 Å². The number of nitrogens with zero attached hydrogens (tertiary/aromatic N) is 1. The highest BCUT2D eigenvalue weighted by atomic mass is 35.5. The minimum atomic E-state index is -0.972. The summed E-state index contributed by atoms with van der Waals surface area (Å²) in [5, 5.41) is 9.52. The first-order chi connectivity index (χ1) is 11.5. The minimum Gasteiger partial charge on any atom is -0.493 e. The van der Waals surface area contributed by atoms with Gasteiger partial charge in [-0.1, -0.05) is 11.6 Å². The Balaban J connectivity index is 2.18. The summed E-state index contributed by atoms with van der Waals surface area (Å²) in [7, 11) is 1.51. The molecule has 1 aliphatic rings. The fourth-order valence-corrected chi connectivity index (χ4v) is 2.94. The lowest BCUT2D eigenvalue weighted by atomic mass is 10.1. The highest BCUT2D eigenvalue weighted by Gasteiger charge is 2.32. The van der Waals surface area contributed by atoms with Crippen LogP contribution in [0.25, 0.3) is 6.08 Å². The number of amides is 1. The van der Waals surface area contributed by atoms with Crippen LogP contribution in [0.4, 0.5) is 0 Å². The van der Waals surface area contributed by atoms with E-state index >= 15 is 0 Å². The molecule has 0 unspecified atom stereocenters. The number of aliphatic carboxylic acids is 1. The number of carbonyl (C=O) groups is 2. The van der Waals surface area contributed by atoms with Crippen LogP contribution in [-0.2, 0) is 9.59 Å². The molecular weight excluding hydrogens is 334 g/mol. The van der Waals surface area contributed by atoms with Gasteiger partial charge in [-0.2, -0.15) is 0 Å². The van der Waals surface area contributed by atoms with Crippen LogP contribution < -0.4 is 9.47 Å². The lowest BCUT2D eigenvalue weighted by Crippen LogP contribution is -2.39. The number of rotatable bonds is 6. The number of carboxylic acids is 1. The Morgan fingerprint density at radius 2 is 2.21 bits per heavy atom. The summed E-state index contributed by atoms with van der Waals surface area (Å²) in [5.74, 6) is -0.374. The summed E-state index contributed by atoms with van der Waals surface area (Å²) < 4.78 is 10.7. The molecule has 7 heteroatoms. The van der Waals surface area contributed by atoms with Gasteiger partial charge in [-0.05, 0) is 43.5 Å². The van der Waals surface area contributed by atoms with Gasteiger partial charge in [-0.15, -0.1) is 0 Å². The van der Waals surface area contributed by atoms with Gasteiger partial charge < -0.3 is 19.5 Å². The summed E-state index contributed by atoms with van der Waals surface area (Å²) in [4.78, 5) is 24.7. The van der Waals surface area contributed by atoms with Gasteiger partial charge in [0.2, 0.25) is 5.91 Å². The summed E-state index contributed by atoms with van der Waals surface area (Å²) in [6, 6.07) is 2.62. The third-order valence-electron chi connectivity index (χ3n) is 3.78. The van der Waals surface area contributed by atoms with E-state index in [0.29, 0.717) is 48.1 Å². The SMILES string of the molecule is CCOc1c(Cl)cc(/C=C/C(=O)N2CCC[C@@H]2C(=O)O)cc1OC. The van der Waals surface area contributed by atoms with E-state index in [1.54, 1.807) is 18.2 Å². The lowest BCUT2D eigenvalue weighted by Gasteiger charge is -2.19. The molecule has 1 amide bonds. The molecule has 0 aliphatic carbocycles. The standard InChI is InChI=1S/C17H20ClNO5/c1-3-24-16-12(18)9-11(10-14(16)23-2)6-7-15(20)19-8-4-5-13(19)17(21)22/h6-7,9-10,13H,3-5,8H2,1-2H3,(H,21,22)/b7-6+/t13-/m1/s1. The summed E-state index contributed by atoms with van der Waals surface area (Å²) >= 11 is 6.19. The van der Waals surface area contributed by atoms with Crippen molar-refractivity contribution in [1.82, 2.24) is 4.90 Å². The van der Waals surface area contributed by atoms with Crippen molar-refractivity contribution in [2.24, 2.45) is 0 Å². The largest absolute Gasteiger partial charge is 0.493 e. The first-order valence-corrected chi connectivity index (χ1v) is 8.07. The molecule has 0 spiro atoms. The number of carboxylic acid groups (broad SMARTS) is 1. The van der Waals surface area contributed by atoms with Gasteiger partial charge in [0, 0.05) is 12.6 Å². The maximum atomic E-state index is 12.2. The van der Waals surface area contributed by atoms with Gasteiger partial charge in [0.15, 0.2) is 11.5 Å². The monoisotopic (exact) mass is 353 g/mol. The van der Waals surface area contributed by atoms with E-state index in [4.69, 9.17) is 26.2 Å². The van der Waals surface area contributed by atoms with Crippen molar-refractivity contribution in [2.75, 3.05) is 20.3 Å². The molecule has 1 aromatic carbocycles. The molecule has 1 aliphatic heterocycles. The zero-order valence-electron chi connectivity index (χ0n) is 13.6. The van der Waals surface area contributed by atoms with Gasteiger partial charge >= 0.3 is 5.97 Å². The molecule has 1 atom stereocenters. The van der Waals surface area contributed by atoms with Crippen molar-refractivity contribution in [3.8, 4) is 11.5 Å². The minimum absolute atomic E-state index is 0.330. The number of ether oxygens (including phenoxy) is 2. The quantitative estimate of drug-likeness (QED) is 0.796. The molecule has 0 bridgehead atoms. The Morgan fingerprint density at radius 3 is 2.83 bits per heavy atom. The zero-order valence-corrected chi connectivity index (χ0v) is 14.4. The van der Waals surface area contributed by atoms with Crippen LogP contribution in [0.3, 0.4) is 0 Å². The fourth-order valence-electron chi connectivity index (χ4n) is 2.67. The molecule has 2 rings (SSSR count). The second-order valence-corrected chi connectivity index (χ2v) is 5.74. The maximum absolute atomic E-state index is 12.2. The van der Waals surface area contributed by atoms with Gasteiger partial charge in [0.1, 0.15) is 6.04 Å². The van der Waals surface area contributed by atoms with Crippen molar-refractivity contribution < 1.29 is 24.2 Å². The average Bonchev–Trinajstić information content (AvgIpc) is 3.04. The van der Waals surface area contributed by atoms with Crippen molar-refractivity contribution in [2.45, 2.75) is 25.8 Å². The third kappa shape index (κ3) is 4.00. The number of carbonyl (C=O) groups excluding carboxylic acids is 1. The van der Waals surface area contributed by atoms with Crippen LogP contribution in [0.1, 0.15) is 25.3 Å². The number of halogens is 1. The Morgan fingerprint density at radius 1 is 1.46 bits per heavy atom. The highest BCUT2D eigenvalue weighted by molar-refractivity contribution is 6.32. The van der Waals surface area contributed by atoms with E-state index in [1.807, 2.05) is 6.92 Å². The van der Waals surface area contributed by atoms with Crippen LogP contribution in [0.15, 0.2) is 18.2 Å². The van der Waals surface area contributed by atoms with Crippen LogP contribution >= 0.6 is 11.6 Å². The van der Waals surface area contributed by atoms with E-state index in [-0.39, 0.29) is 5.91 Å². The molecule has 0 saturated carbocycles. The molecule has 1 aromatic rings. The molecule has 1 heterocycles. The van der Waals surface area contributed by atoms with E-state index in [1.165, 1.54) is 18.1 Å². The third-order valence-corrected chi connectivity index (χ3v) is 4.06. The van der Waals surface area contributed by atoms with Gasteiger partial charge in [0.05, 0.1) is 18.7 Å². The number of likely N-dealkylation sites (tertiary alicyclic amines) is 1. The second-order valence-electron chi connectivity index (χ2n) is 5.33. The number of methoxy groups -OCH3 is 1. The Kier molecular flexibility index (Phi) is 6.09. The predicted molar refractivity (Wildman–Crippen MR) is 90.6 cm³/mol. The van der Waals surface area contributed by atoms with Gasteiger partial charge in [-0.25, -0.2) is 4.79 Å². The molecule has 0 aromatic heterocycles. The summed E-state index contributed by atoms with van der Waals surface area (Å²) in [6.45, 7) is 2.75. The molecule has 130 valence electrons. The summed E-state index contributed by atoms with van der Waals surface area (Å²) in [5.41, 5.74) is 0.666. The number of benzene rings is 1. The van der Waals surface area contributed by atoms with E-state index in [0.717, 1.165) is 0 Å². The first kappa shape index (κ1) is 18.1.